The van der Waals surface area contributed by atoms with Crippen LogP contribution in [0.3, 0.4) is 0 Å². The molecule has 0 N–H and O–H groups in total. The summed E-state index contributed by atoms with van der Waals surface area (Å²) in [5, 5.41) is 1.23. The fourth-order valence-corrected chi connectivity index (χ4v) is 3.81. The van der Waals surface area contributed by atoms with Crippen LogP contribution >= 0.6 is 15.9 Å². The van der Waals surface area contributed by atoms with Gasteiger partial charge in [0.25, 0.3) is 0 Å². The van der Waals surface area contributed by atoms with Crippen LogP contribution in [0.5, 0.6) is 0 Å². The fourth-order valence-electron chi connectivity index (χ4n) is 3.36. The molecule has 0 aliphatic carbocycles. The van der Waals surface area contributed by atoms with Gasteiger partial charge in [-0.15, -0.1) is 0 Å². The van der Waals surface area contributed by atoms with Crippen molar-refractivity contribution in [3.05, 3.63) is 83.3 Å². The summed E-state index contributed by atoms with van der Waals surface area (Å²) in [7, 11) is 0. The van der Waals surface area contributed by atoms with E-state index in [1.165, 1.54) is 10.9 Å². The molecule has 0 atom stereocenters. The Morgan fingerprint density at radius 1 is 0.708 bits per heavy atom. The predicted molar refractivity (Wildman–Crippen MR) is 103 cm³/mol. The SMILES string of the molecule is Brc1cccc2c1nc(-c1ccccc1)c1cc3ccccc3n12. The number of hydrogen-bond donors (Lipinski definition) is 0. The number of para-hydroxylation sites is 2. The van der Waals surface area contributed by atoms with Crippen LogP contribution in [0.15, 0.2) is 83.3 Å². The lowest BCUT2D eigenvalue weighted by atomic mass is 10.1. The standard InChI is InChI=1S/C21H13BrN2/c22-16-10-6-12-18-21(16)23-20(14-7-2-1-3-8-14)19-13-15-9-4-5-11-17(15)24(18)19/h1-13H. The zero-order chi connectivity index (χ0) is 16.1. The summed E-state index contributed by atoms with van der Waals surface area (Å²) in [6.07, 6.45) is 0. The van der Waals surface area contributed by atoms with Gasteiger partial charge in [-0.1, -0.05) is 54.6 Å². The topological polar surface area (TPSA) is 17.3 Å². The molecule has 5 aromatic rings. The van der Waals surface area contributed by atoms with Gasteiger partial charge in [-0.2, -0.15) is 0 Å². The summed E-state index contributed by atoms with van der Waals surface area (Å²) >= 11 is 3.67. The molecule has 2 nitrogen and oxygen atoms in total. The highest BCUT2D eigenvalue weighted by atomic mass is 79.9. The van der Waals surface area contributed by atoms with Crippen LogP contribution in [0.4, 0.5) is 0 Å². The third-order valence-corrected chi connectivity index (χ3v) is 5.07. The van der Waals surface area contributed by atoms with Crippen molar-refractivity contribution < 1.29 is 0 Å². The molecule has 0 bridgehead atoms. The largest absolute Gasteiger partial charge is 0.305 e. The van der Waals surface area contributed by atoms with Crippen molar-refractivity contribution in [2.24, 2.45) is 0 Å². The molecule has 0 aliphatic heterocycles. The second-order valence-corrected chi connectivity index (χ2v) is 6.71. The van der Waals surface area contributed by atoms with E-state index in [2.05, 4.69) is 87.1 Å². The first kappa shape index (κ1) is 13.8. The van der Waals surface area contributed by atoms with Crippen molar-refractivity contribution >= 4 is 43.4 Å². The molecule has 0 fully saturated rings. The van der Waals surface area contributed by atoms with Gasteiger partial charge in [0.2, 0.25) is 0 Å². The van der Waals surface area contributed by atoms with Crippen LogP contribution < -0.4 is 0 Å². The van der Waals surface area contributed by atoms with Crippen LogP contribution in [0.25, 0.3) is 38.7 Å². The maximum Gasteiger partial charge on any atom is 0.102 e. The summed E-state index contributed by atoms with van der Waals surface area (Å²) in [5.74, 6) is 0. The van der Waals surface area contributed by atoms with E-state index < -0.39 is 0 Å². The second-order valence-electron chi connectivity index (χ2n) is 5.86. The highest BCUT2D eigenvalue weighted by Gasteiger charge is 2.14. The van der Waals surface area contributed by atoms with Gasteiger partial charge < -0.3 is 4.40 Å². The van der Waals surface area contributed by atoms with E-state index in [0.29, 0.717) is 0 Å². The van der Waals surface area contributed by atoms with E-state index in [4.69, 9.17) is 4.98 Å². The highest BCUT2D eigenvalue weighted by Crippen LogP contribution is 2.33. The Morgan fingerprint density at radius 2 is 1.46 bits per heavy atom. The molecular weight excluding hydrogens is 360 g/mol. The van der Waals surface area contributed by atoms with E-state index in [0.717, 1.165) is 32.3 Å². The number of rotatable bonds is 1. The lowest BCUT2D eigenvalue weighted by molar-refractivity contribution is 1.26. The van der Waals surface area contributed by atoms with Gasteiger partial charge in [0, 0.05) is 15.4 Å². The first-order valence-corrected chi connectivity index (χ1v) is 8.66. The summed E-state index contributed by atoms with van der Waals surface area (Å²) in [6, 6.07) is 27.3. The van der Waals surface area contributed by atoms with Crippen molar-refractivity contribution in [3.8, 4) is 11.3 Å². The lowest BCUT2D eigenvalue weighted by Gasteiger charge is -2.10. The van der Waals surface area contributed by atoms with E-state index in [1.807, 2.05) is 12.1 Å². The van der Waals surface area contributed by atoms with Crippen molar-refractivity contribution in [2.45, 2.75) is 0 Å². The minimum Gasteiger partial charge on any atom is -0.305 e. The van der Waals surface area contributed by atoms with E-state index in [9.17, 15) is 0 Å². The molecule has 0 saturated heterocycles. The molecular formula is C21H13BrN2. The normalized spacial score (nSPS) is 11.5. The number of halogens is 1. The van der Waals surface area contributed by atoms with Crippen LogP contribution in [-0.4, -0.2) is 9.38 Å². The zero-order valence-corrected chi connectivity index (χ0v) is 14.4. The van der Waals surface area contributed by atoms with Gasteiger partial charge in [0.15, 0.2) is 0 Å². The molecule has 2 aromatic heterocycles. The third kappa shape index (κ3) is 1.91. The zero-order valence-electron chi connectivity index (χ0n) is 12.8. The summed E-state index contributed by atoms with van der Waals surface area (Å²) in [4.78, 5) is 5.00. The molecule has 0 amide bonds. The Kier molecular flexibility index (Phi) is 2.97. The Hall–Kier alpha value is -2.65. The fraction of sp³-hybridized carbons (Fsp3) is 0. The number of fused-ring (bicyclic) bond motifs is 5. The first-order valence-electron chi connectivity index (χ1n) is 7.87. The monoisotopic (exact) mass is 372 g/mol. The number of nitrogens with zero attached hydrogens (tertiary/aromatic N) is 2. The first-order chi connectivity index (χ1) is 11.8. The molecule has 0 spiro atoms. The van der Waals surface area contributed by atoms with E-state index in [1.54, 1.807) is 0 Å². The van der Waals surface area contributed by atoms with Gasteiger partial charge >= 0.3 is 0 Å². The maximum absolute atomic E-state index is 5.00. The number of benzene rings is 3. The minimum atomic E-state index is 0.977. The van der Waals surface area contributed by atoms with E-state index in [-0.39, 0.29) is 0 Å². The maximum atomic E-state index is 5.00. The van der Waals surface area contributed by atoms with Gasteiger partial charge in [0.1, 0.15) is 5.52 Å². The van der Waals surface area contributed by atoms with E-state index >= 15 is 0 Å². The van der Waals surface area contributed by atoms with Crippen molar-refractivity contribution in [1.82, 2.24) is 9.38 Å². The Labute approximate surface area is 147 Å². The number of aromatic nitrogens is 2. The van der Waals surface area contributed by atoms with Gasteiger partial charge in [0.05, 0.1) is 22.2 Å². The molecule has 0 saturated carbocycles. The molecule has 114 valence electrons. The summed E-state index contributed by atoms with van der Waals surface area (Å²) in [6.45, 7) is 0. The lowest BCUT2D eigenvalue weighted by Crippen LogP contribution is -1.95. The van der Waals surface area contributed by atoms with Crippen LogP contribution in [0.2, 0.25) is 0 Å². The highest BCUT2D eigenvalue weighted by molar-refractivity contribution is 9.10. The van der Waals surface area contributed by atoms with Crippen molar-refractivity contribution in [1.29, 1.82) is 0 Å². The van der Waals surface area contributed by atoms with Gasteiger partial charge in [-0.25, -0.2) is 4.98 Å². The van der Waals surface area contributed by atoms with Crippen LogP contribution in [-0.2, 0) is 0 Å². The average Bonchev–Trinajstić information content (AvgIpc) is 3.02. The molecule has 0 aliphatic rings. The summed E-state index contributed by atoms with van der Waals surface area (Å²) in [5.41, 5.74) is 6.56. The Morgan fingerprint density at radius 3 is 2.33 bits per heavy atom. The number of hydrogen-bond acceptors (Lipinski definition) is 1. The quantitative estimate of drug-likeness (QED) is 0.349. The Bertz CT molecular complexity index is 1210. The summed E-state index contributed by atoms with van der Waals surface area (Å²) < 4.78 is 3.32. The average molecular weight is 373 g/mol. The molecule has 5 rings (SSSR count). The van der Waals surface area contributed by atoms with Crippen LogP contribution in [0.1, 0.15) is 0 Å². The molecule has 24 heavy (non-hydrogen) atoms. The third-order valence-electron chi connectivity index (χ3n) is 4.43. The van der Waals surface area contributed by atoms with Gasteiger partial charge in [-0.3, -0.25) is 0 Å². The van der Waals surface area contributed by atoms with Gasteiger partial charge in [-0.05, 0) is 40.2 Å². The predicted octanol–water partition coefficient (Wildman–Crippen LogP) is 6.07. The molecule has 0 unspecified atom stereocenters. The minimum absolute atomic E-state index is 0.977. The van der Waals surface area contributed by atoms with Crippen LogP contribution in [0, 0.1) is 0 Å². The molecule has 2 heterocycles. The van der Waals surface area contributed by atoms with Crippen molar-refractivity contribution in [2.75, 3.05) is 0 Å². The molecule has 3 heteroatoms. The second kappa shape index (κ2) is 5.18. The molecule has 3 aromatic carbocycles. The Balaban J connectivity index is 2.07. The smallest absolute Gasteiger partial charge is 0.102 e. The molecule has 0 radical (unpaired) electrons. The van der Waals surface area contributed by atoms with Crippen molar-refractivity contribution in [3.63, 3.8) is 0 Å².